The Hall–Kier alpha value is -0.450. The maximum atomic E-state index is 6.03. The highest BCUT2D eigenvalue weighted by Gasteiger charge is 2.24. The summed E-state index contributed by atoms with van der Waals surface area (Å²) in [5, 5.41) is 3.31. The van der Waals surface area contributed by atoms with Gasteiger partial charge in [-0.2, -0.15) is 0 Å². The number of rotatable bonds is 3. The van der Waals surface area contributed by atoms with Gasteiger partial charge >= 0.3 is 0 Å². The standard InChI is InChI=1S/C12H21N3S/c1-9-7-15(5-3-11(9)13)8-10(2)12-14-4-6-16-12/h4,6,9-11H,3,5,7-8,13H2,1-2H3. The Balaban J connectivity index is 1.86. The minimum absolute atomic E-state index is 0.395. The summed E-state index contributed by atoms with van der Waals surface area (Å²) in [6, 6.07) is 0.395. The summed E-state index contributed by atoms with van der Waals surface area (Å²) in [5.74, 6) is 1.17. The van der Waals surface area contributed by atoms with Crippen LogP contribution in [0.3, 0.4) is 0 Å². The van der Waals surface area contributed by atoms with E-state index in [9.17, 15) is 0 Å². The van der Waals surface area contributed by atoms with Crippen molar-refractivity contribution in [2.45, 2.75) is 32.2 Å². The third-order valence-corrected chi connectivity index (χ3v) is 4.47. The maximum Gasteiger partial charge on any atom is 0.0965 e. The Morgan fingerprint density at radius 1 is 1.69 bits per heavy atom. The predicted octanol–water partition coefficient (Wildman–Crippen LogP) is 1.92. The molecule has 3 atom stereocenters. The van der Waals surface area contributed by atoms with Gasteiger partial charge in [-0.3, -0.25) is 0 Å². The molecule has 2 heterocycles. The molecule has 2 rings (SSSR count). The average molecular weight is 239 g/mol. The number of nitrogens with zero attached hydrogens (tertiary/aromatic N) is 2. The van der Waals surface area contributed by atoms with Crippen LogP contribution < -0.4 is 5.73 Å². The number of nitrogens with two attached hydrogens (primary N) is 1. The minimum Gasteiger partial charge on any atom is -0.327 e. The van der Waals surface area contributed by atoms with Crippen LogP contribution in [0.15, 0.2) is 11.6 Å². The number of hydrogen-bond acceptors (Lipinski definition) is 4. The van der Waals surface area contributed by atoms with E-state index in [4.69, 9.17) is 5.73 Å². The molecule has 0 saturated carbocycles. The minimum atomic E-state index is 0.395. The number of hydrogen-bond donors (Lipinski definition) is 1. The van der Waals surface area contributed by atoms with Crippen molar-refractivity contribution < 1.29 is 0 Å². The van der Waals surface area contributed by atoms with Crippen molar-refractivity contribution in [1.82, 2.24) is 9.88 Å². The first-order valence-electron chi connectivity index (χ1n) is 6.04. The molecule has 1 aromatic rings. The van der Waals surface area contributed by atoms with Gasteiger partial charge in [0, 0.05) is 36.6 Å². The van der Waals surface area contributed by atoms with Crippen molar-refractivity contribution in [3.8, 4) is 0 Å². The van der Waals surface area contributed by atoms with Gasteiger partial charge in [-0.1, -0.05) is 13.8 Å². The van der Waals surface area contributed by atoms with E-state index in [1.807, 2.05) is 6.20 Å². The summed E-state index contributed by atoms with van der Waals surface area (Å²) >= 11 is 1.76. The zero-order valence-corrected chi connectivity index (χ0v) is 10.9. The summed E-state index contributed by atoms with van der Waals surface area (Å²) in [6.45, 7) is 7.91. The van der Waals surface area contributed by atoms with Crippen LogP contribution in [0, 0.1) is 5.92 Å². The quantitative estimate of drug-likeness (QED) is 0.876. The Kier molecular flexibility index (Phi) is 3.95. The van der Waals surface area contributed by atoms with Crippen molar-refractivity contribution in [1.29, 1.82) is 0 Å². The van der Waals surface area contributed by atoms with Gasteiger partial charge in [0.2, 0.25) is 0 Å². The normalized spacial score (nSPS) is 29.2. The molecule has 4 heteroatoms. The summed E-state index contributed by atoms with van der Waals surface area (Å²) in [7, 11) is 0. The summed E-state index contributed by atoms with van der Waals surface area (Å²) in [6.07, 6.45) is 3.02. The first-order chi connectivity index (χ1) is 7.66. The fraction of sp³-hybridized carbons (Fsp3) is 0.750. The van der Waals surface area contributed by atoms with Crippen LogP contribution in [0.1, 0.15) is 31.2 Å². The van der Waals surface area contributed by atoms with Gasteiger partial charge < -0.3 is 10.6 Å². The zero-order valence-electron chi connectivity index (χ0n) is 10.1. The molecule has 90 valence electrons. The van der Waals surface area contributed by atoms with Gasteiger partial charge in [0.15, 0.2) is 0 Å². The lowest BCUT2D eigenvalue weighted by atomic mass is 9.94. The molecule has 1 saturated heterocycles. The van der Waals surface area contributed by atoms with Crippen molar-refractivity contribution in [2.24, 2.45) is 11.7 Å². The Morgan fingerprint density at radius 2 is 2.50 bits per heavy atom. The molecule has 0 aliphatic carbocycles. The highest BCUT2D eigenvalue weighted by atomic mass is 32.1. The lowest BCUT2D eigenvalue weighted by molar-refractivity contribution is 0.158. The molecular weight excluding hydrogens is 218 g/mol. The smallest absolute Gasteiger partial charge is 0.0965 e. The number of aromatic nitrogens is 1. The first kappa shape index (κ1) is 12.0. The van der Waals surface area contributed by atoms with Gasteiger partial charge in [0.25, 0.3) is 0 Å². The molecule has 2 N–H and O–H groups in total. The third kappa shape index (κ3) is 2.81. The van der Waals surface area contributed by atoms with Crippen LogP contribution in [0.2, 0.25) is 0 Å². The summed E-state index contributed by atoms with van der Waals surface area (Å²) in [5.41, 5.74) is 6.03. The average Bonchev–Trinajstić information content (AvgIpc) is 2.77. The summed E-state index contributed by atoms with van der Waals surface area (Å²) < 4.78 is 0. The zero-order chi connectivity index (χ0) is 11.5. The molecule has 0 radical (unpaired) electrons. The van der Waals surface area contributed by atoms with E-state index in [1.165, 1.54) is 5.01 Å². The molecule has 16 heavy (non-hydrogen) atoms. The lowest BCUT2D eigenvalue weighted by Crippen LogP contribution is -2.46. The molecule has 1 aromatic heterocycles. The van der Waals surface area contributed by atoms with Crippen LogP contribution in [0.25, 0.3) is 0 Å². The predicted molar refractivity (Wildman–Crippen MR) is 68.7 cm³/mol. The number of likely N-dealkylation sites (tertiary alicyclic amines) is 1. The fourth-order valence-corrected chi connectivity index (χ4v) is 3.05. The van der Waals surface area contributed by atoms with Crippen molar-refractivity contribution in [2.75, 3.05) is 19.6 Å². The van der Waals surface area contributed by atoms with Crippen molar-refractivity contribution in [3.63, 3.8) is 0 Å². The van der Waals surface area contributed by atoms with Gasteiger partial charge in [-0.15, -0.1) is 11.3 Å². The van der Waals surface area contributed by atoms with E-state index in [0.29, 0.717) is 17.9 Å². The van der Waals surface area contributed by atoms with Gasteiger partial charge in [0.1, 0.15) is 0 Å². The number of thiazole rings is 1. The van der Waals surface area contributed by atoms with E-state index in [1.54, 1.807) is 11.3 Å². The van der Waals surface area contributed by atoms with Gasteiger partial charge in [-0.05, 0) is 18.9 Å². The van der Waals surface area contributed by atoms with Crippen LogP contribution in [0.5, 0.6) is 0 Å². The topological polar surface area (TPSA) is 42.1 Å². The van der Waals surface area contributed by atoms with Crippen molar-refractivity contribution in [3.05, 3.63) is 16.6 Å². The number of piperidine rings is 1. The first-order valence-corrected chi connectivity index (χ1v) is 6.92. The highest BCUT2D eigenvalue weighted by Crippen LogP contribution is 2.22. The molecule has 1 aliphatic heterocycles. The second-order valence-corrected chi connectivity index (χ2v) is 5.89. The van der Waals surface area contributed by atoms with Crippen LogP contribution in [0.4, 0.5) is 0 Å². The van der Waals surface area contributed by atoms with Crippen LogP contribution in [-0.2, 0) is 0 Å². The molecule has 1 aliphatic rings. The van der Waals surface area contributed by atoms with E-state index in [2.05, 4.69) is 29.1 Å². The molecule has 0 aromatic carbocycles. The molecular formula is C12H21N3S. The van der Waals surface area contributed by atoms with Crippen LogP contribution >= 0.6 is 11.3 Å². The fourth-order valence-electron chi connectivity index (χ4n) is 2.36. The van der Waals surface area contributed by atoms with Gasteiger partial charge in [0.05, 0.1) is 5.01 Å². The van der Waals surface area contributed by atoms with E-state index in [0.717, 1.165) is 26.1 Å². The molecule has 1 fully saturated rings. The maximum absolute atomic E-state index is 6.03. The largest absolute Gasteiger partial charge is 0.327 e. The highest BCUT2D eigenvalue weighted by molar-refractivity contribution is 7.09. The SMILES string of the molecule is CC(CN1CCC(N)C(C)C1)c1nccs1. The summed E-state index contributed by atoms with van der Waals surface area (Å²) in [4.78, 5) is 6.91. The van der Waals surface area contributed by atoms with E-state index < -0.39 is 0 Å². The third-order valence-electron chi connectivity index (χ3n) is 3.46. The van der Waals surface area contributed by atoms with Crippen LogP contribution in [-0.4, -0.2) is 35.6 Å². The molecule has 0 spiro atoms. The molecule has 3 nitrogen and oxygen atoms in total. The monoisotopic (exact) mass is 239 g/mol. The molecule has 0 amide bonds. The Labute approximate surface area is 102 Å². The van der Waals surface area contributed by atoms with E-state index in [-0.39, 0.29) is 0 Å². The van der Waals surface area contributed by atoms with E-state index >= 15 is 0 Å². The molecule has 0 bridgehead atoms. The Bertz CT molecular complexity index is 312. The van der Waals surface area contributed by atoms with Gasteiger partial charge in [-0.25, -0.2) is 4.98 Å². The Morgan fingerprint density at radius 3 is 3.12 bits per heavy atom. The lowest BCUT2D eigenvalue weighted by Gasteiger charge is -2.36. The second-order valence-electron chi connectivity index (χ2n) is 4.96. The van der Waals surface area contributed by atoms with Crippen molar-refractivity contribution >= 4 is 11.3 Å². The second kappa shape index (κ2) is 5.25. The molecule has 3 unspecified atom stereocenters.